The molecule has 1 N–H and O–H groups in total. The van der Waals surface area contributed by atoms with E-state index in [4.69, 9.17) is 4.74 Å². The summed E-state index contributed by atoms with van der Waals surface area (Å²) in [7, 11) is 0. The van der Waals surface area contributed by atoms with Gasteiger partial charge in [-0.1, -0.05) is 12.1 Å². The Morgan fingerprint density at radius 2 is 1.92 bits per heavy atom. The molecular weight excluding hydrogens is 334 g/mol. The number of nitrogens with zero attached hydrogens (tertiary/aromatic N) is 2. The predicted octanol–water partition coefficient (Wildman–Crippen LogP) is 2.09. The van der Waals surface area contributed by atoms with Crippen molar-refractivity contribution in [2.45, 2.75) is 39.7 Å². The van der Waals surface area contributed by atoms with Gasteiger partial charge in [0.25, 0.3) is 0 Å². The van der Waals surface area contributed by atoms with Gasteiger partial charge in [0.05, 0.1) is 6.61 Å². The fourth-order valence-corrected chi connectivity index (χ4v) is 3.03. The molecule has 7 heteroatoms. The molecule has 0 aromatic heterocycles. The van der Waals surface area contributed by atoms with Gasteiger partial charge in [0, 0.05) is 31.4 Å². The van der Waals surface area contributed by atoms with E-state index in [1.54, 1.807) is 11.8 Å². The van der Waals surface area contributed by atoms with E-state index in [0.29, 0.717) is 44.8 Å². The highest BCUT2D eigenvalue weighted by molar-refractivity contribution is 6.40. The van der Waals surface area contributed by atoms with Crippen LogP contribution in [0.25, 0.3) is 0 Å². The number of rotatable bonds is 4. The molecule has 1 aromatic carbocycles. The first-order chi connectivity index (χ1) is 12.5. The zero-order valence-corrected chi connectivity index (χ0v) is 15.7. The maximum Gasteiger partial charge on any atom is 0.409 e. The largest absolute Gasteiger partial charge is 0.450 e. The molecule has 1 fully saturated rings. The number of piperidine rings is 1. The molecule has 3 amide bonds. The van der Waals surface area contributed by atoms with E-state index in [9.17, 15) is 14.4 Å². The van der Waals surface area contributed by atoms with Gasteiger partial charge in [-0.15, -0.1) is 0 Å². The van der Waals surface area contributed by atoms with E-state index < -0.39 is 11.8 Å². The third-order valence-electron chi connectivity index (χ3n) is 4.43. The summed E-state index contributed by atoms with van der Waals surface area (Å²) < 4.78 is 4.98. The second-order valence-electron chi connectivity index (χ2n) is 6.32. The maximum atomic E-state index is 12.5. The maximum absolute atomic E-state index is 12.5. The van der Waals surface area contributed by atoms with Crippen LogP contribution < -0.4 is 10.2 Å². The molecule has 1 aromatic rings. The van der Waals surface area contributed by atoms with Gasteiger partial charge in [-0.2, -0.15) is 0 Å². The first-order valence-electron chi connectivity index (χ1n) is 9.07. The van der Waals surface area contributed by atoms with Gasteiger partial charge in [0.15, 0.2) is 0 Å². The van der Waals surface area contributed by atoms with Crippen LogP contribution >= 0.6 is 0 Å². The van der Waals surface area contributed by atoms with Gasteiger partial charge >= 0.3 is 17.9 Å². The Morgan fingerprint density at radius 1 is 1.23 bits per heavy atom. The van der Waals surface area contributed by atoms with Gasteiger partial charge in [-0.3, -0.25) is 9.59 Å². The molecule has 0 radical (unpaired) electrons. The number of carbonyl (C=O) groups is 3. The summed E-state index contributed by atoms with van der Waals surface area (Å²) in [5.74, 6) is -1.17. The van der Waals surface area contributed by atoms with Gasteiger partial charge in [0.2, 0.25) is 0 Å². The predicted molar refractivity (Wildman–Crippen MR) is 99.0 cm³/mol. The first kappa shape index (κ1) is 19.8. The lowest BCUT2D eigenvalue weighted by Crippen LogP contribution is -2.51. The normalized spacial score (nSPS) is 14.7. The molecule has 142 valence electrons. The molecule has 2 rings (SSSR count). The van der Waals surface area contributed by atoms with Gasteiger partial charge in [0.1, 0.15) is 0 Å². The molecular formula is C19H27N3O4. The van der Waals surface area contributed by atoms with Crippen LogP contribution in [0.2, 0.25) is 0 Å². The van der Waals surface area contributed by atoms with Gasteiger partial charge < -0.3 is 19.9 Å². The number of likely N-dealkylation sites (N-methyl/N-ethyl adjacent to an activating group) is 1. The van der Waals surface area contributed by atoms with Crippen molar-refractivity contribution in [2.75, 3.05) is 31.1 Å². The summed E-state index contributed by atoms with van der Waals surface area (Å²) in [6.07, 6.45) is 0.882. The van der Waals surface area contributed by atoms with Crippen LogP contribution in [0.4, 0.5) is 10.5 Å². The Balaban J connectivity index is 1.91. The van der Waals surface area contributed by atoms with Crippen LogP contribution in [0.3, 0.4) is 0 Å². The Labute approximate surface area is 154 Å². The number of nitrogens with one attached hydrogen (secondary N) is 1. The zero-order chi connectivity index (χ0) is 19.1. The van der Waals surface area contributed by atoms with Crippen molar-refractivity contribution < 1.29 is 19.1 Å². The Bertz CT molecular complexity index is 654. The zero-order valence-electron chi connectivity index (χ0n) is 15.7. The van der Waals surface area contributed by atoms with Gasteiger partial charge in [-0.25, -0.2) is 4.79 Å². The van der Waals surface area contributed by atoms with Crippen molar-refractivity contribution in [3.8, 4) is 0 Å². The third-order valence-corrected chi connectivity index (χ3v) is 4.43. The molecule has 7 nitrogen and oxygen atoms in total. The second-order valence-corrected chi connectivity index (χ2v) is 6.32. The number of hydrogen-bond donors (Lipinski definition) is 1. The number of amides is 3. The number of anilines is 1. The SMILES string of the molecule is CCOC(=O)N1CCC(NC(=O)C(=O)N(CC)c2cccc(C)c2)CC1. The lowest BCUT2D eigenvalue weighted by atomic mass is 10.1. The number of carbonyl (C=O) groups excluding carboxylic acids is 3. The summed E-state index contributed by atoms with van der Waals surface area (Å²) in [4.78, 5) is 39.7. The molecule has 0 atom stereocenters. The minimum atomic E-state index is -0.608. The number of aryl methyl sites for hydroxylation is 1. The lowest BCUT2D eigenvalue weighted by Gasteiger charge is -2.32. The Morgan fingerprint density at radius 3 is 2.50 bits per heavy atom. The highest BCUT2D eigenvalue weighted by Gasteiger charge is 2.28. The minimum Gasteiger partial charge on any atom is -0.450 e. The summed E-state index contributed by atoms with van der Waals surface area (Å²) in [6, 6.07) is 7.39. The average Bonchev–Trinajstić information content (AvgIpc) is 2.63. The second kappa shape index (κ2) is 9.22. The number of hydrogen-bond acceptors (Lipinski definition) is 4. The molecule has 1 heterocycles. The summed E-state index contributed by atoms with van der Waals surface area (Å²) >= 11 is 0. The van der Waals surface area contributed by atoms with Crippen LogP contribution in [0.1, 0.15) is 32.3 Å². The van der Waals surface area contributed by atoms with Crippen molar-refractivity contribution in [3.05, 3.63) is 29.8 Å². The molecule has 1 saturated heterocycles. The summed E-state index contributed by atoms with van der Waals surface area (Å²) in [5, 5.41) is 2.80. The fraction of sp³-hybridized carbons (Fsp3) is 0.526. The van der Waals surface area contributed by atoms with Crippen LogP contribution in [-0.2, 0) is 14.3 Å². The molecule has 0 bridgehead atoms. The Kier molecular flexibility index (Phi) is 7.00. The molecule has 0 unspecified atom stereocenters. The van der Waals surface area contributed by atoms with Crippen LogP contribution in [0.15, 0.2) is 24.3 Å². The number of likely N-dealkylation sites (tertiary alicyclic amines) is 1. The minimum absolute atomic E-state index is 0.117. The quantitative estimate of drug-likeness (QED) is 0.833. The highest BCUT2D eigenvalue weighted by Crippen LogP contribution is 2.16. The van der Waals surface area contributed by atoms with E-state index in [1.165, 1.54) is 4.90 Å². The number of ether oxygens (including phenoxy) is 1. The van der Waals surface area contributed by atoms with E-state index in [-0.39, 0.29) is 12.1 Å². The molecule has 26 heavy (non-hydrogen) atoms. The highest BCUT2D eigenvalue weighted by atomic mass is 16.6. The van der Waals surface area contributed by atoms with Crippen molar-refractivity contribution in [2.24, 2.45) is 0 Å². The van der Waals surface area contributed by atoms with E-state index in [2.05, 4.69) is 5.32 Å². The number of benzene rings is 1. The monoisotopic (exact) mass is 361 g/mol. The topological polar surface area (TPSA) is 79.0 Å². The lowest BCUT2D eigenvalue weighted by molar-refractivity contribution is -0.138. The Hall–Kier alpha value is -2.57. The summed E-state index contributed by atoms with van der Waals surface area (Å²) in [6.45, 7) is 7.32. The smallest absolute Gasteiger partial charge is 0.409 e. The van der Waals surface area contributed by atoms with Crippen LogP contribution in [0, 0.1) is 6.92 Å². The standard InChI is InChI=1S/C19H27N3O4/c1-4-22(16-8-6-7-14(3)13-16)18(24)17(23)20-15-9-11-21(12-10-15)19(25)26-5-2/h6-8,13,15H,4-5,9-12H2,1-3H3,(H,20,23). The van der Waals surface area contributed by atoms with E-state index in [1.807, 2.05) is 38.1 Å². The fourth-order valence-electron chi connectivity index (χ4n) is 3.03. The van der Waals surface area contributed by atoms with Crippen molar-refractivity contribution in [1.82, 2.24) is 10.2 Å². The van der Waals surface area contributed by atoms with E-state index >= 15 is 0 Å². The van der Waals surface area contributed by atoms with Crippen molar-refractivity contribution in [1.29, 1.82) is 0 Å². The first-order valence-corrected chi connectivity index (χ1v) is 9.07. The summed E-state index contributed by atoms with van der Waals surface area (Å²) in [5.41, 5.74) is 1.74. The molecule has 0 aliphatic carbocycles. The molecule has 1 aliphatic heterocycles. The third kappa shape index (κ3) is 4.97. The van der Waals surface area contributed by atoms with Crippen LogP contribution in [0.5, 0.6) is 0 Å². The van der Waals surface area contributed by atoms with Gasteiger partial charge in [-0.05, 0) is 51.3 Å². The molecule has 0 saturated carbocycles. The van der Waals surface area contributed by atoms with Crippen molar-refractivity contribution in [3.63, 3.8) is 0 Å². The van der Waals surface area contributed by atoms with Crippen LogP contribution in [-0.4, -0.2) is 55.1 Å². The van der Waals surface area contributed by atoms with Crippen molar-refractivity contribution >= 4 is 23.6 Å². The average molecular weight is 361 g/mol. The molecule has 0 spiro atoms. The molecule has 1 aliphatic rings. The van der Waals surface area contributed by atoms with E-state index in [0.717, 1.165) is 5.56 Å².